The standard InChI is InChI=1S/C30H40N2O3/c1-26-14-16-29(17-15-26)30(27-10-4-2-5-11-27,28-12-6-3-7-13-28)32-19-9-21-34-23-25-35-24-22-33-20-8-18-31/h2-7,10-17,32H,8-9,18-25,31H2,1H3. The summed E-state index contributed by atoms with van der Waals surface area (Å²) in [4.78, 5) is 0. The number of aryl methyl sites for hydroxylation is 1. The van der Waals surface area contributed by atoms with Crippen molar-refractivity contribution in [2.45, 2.75) is 25.3 Å². The van der Waals surface area contributed by atoms with Gasteiger partial charge in [-0.25, -0.2) is 0 Å². The minimum Gasteiger partial charge on any atom is -0.379 e. The number of nitrogens with two attached hydrogens (primary N) is 1. The molecule has 3 aromatic carbocycles. The third-order valence-electron chi connectivity index (χ3n) is 5.99. The first-order valence-electron chi connectivity index (χ1n) is 12.6. The van der Waals surface area contributed by atoms with Crippen LogP contribution in [-0.2, 0) is 19.7 Å². The Morgan fingerprint density at radius 2 is 1.06 bits per heavy atom. The van der Waals surface area contributed by atoms with Crippen molar-refractivity contribution >= 4 is 0 Å². The Kier molecular flexibility index (Phi) is 11.9. The lowest BCUT2D eigenvalue weighted by molar-refractivity contribution is 0.0139. The summed E-state index contributed by atoms with van der Waals surface area (Å²) in [5.41, 5.74) is 9.92. The van der Waals surface area contributed by atoms with Crippen molar-refractivity contribution in [3.63, 3.8) is 0 Å². The van der Waals surface area contributed by atoms with Crippen LogP contribution in [-0.4, -0.2) is 52.7 Å². The maximum absolute atomic E-state index is 5.80. The highest BCUT2D eigenvalue weighted by atomic mass is 16.5. The van der Waals surface area contributed by atoms with E-state index in [1.807, 2.05) is 0 Å². The number of nitrogens with one attached hydrogen (secondary N) is 1. The second-order valence-corrected chi connectivity index (χ2v) is 8.61. The van der Waals surface area contributed by atoms with Gasteiger partial charge in [0, 0.05) is 13.2 Å². The Balaban J connectivity index is 1.57. The van der Waals surface area contributed by atoms with E-state index in [9.17, 15) is 0 Å². The van der Waals surface area contributed by atoms with E-state index in [4.69, 9.17) is 19.9 Å². The van der Waals surface area contributed by atoms with Crippen LogP contribution in [0.25, 0.3) is 0 Å². The Morgan fingerprint density at radius 1 is 0.600 bits per heavy atom. The van der Waals surface area contributed by atoms with Crippen molar-refractivity contribution in [3.05, 3.63) is 107 Å². The summed E-state index contributed by atoms with van der Waals surface area (Å²) >= 11 is 0. The van der Waals surface area contributed by atoms with Gasteiger partial charge in [0.2, 0.25) is 0 Å². The summed E-state index contributed by atoms with van der Waals surface area (Å²) in [5.74, 6) is 0. The van der Waals surface area contributed by atoms with Crippen molar-refractivity contribution in [1.82, 2.24) is 5.32 Å². The van der Waals surface area contributed by atoms with Crippen LogP contribution in [0.1, 0.15) is 35.1 Å². The first-order chi connectivity index (χ1) is 17.3. The molecule has 0 aliphatic rings. The van der Waals surface area contributed by atoms with Crippen molar-refractivity contribution in [2.75, 3.05) is 52.7 Å². The molecule has 0 heterocycles. The maximum atomic E-state index is 5.80. The van der Waals surface area contributed by atoms with Gasteiger partial charge in [0.25, 0.3) is 0 Å². The average molecular weight is 477 g/mol. The zero-order chi connectivity index (χ0) is 24.6. The quantitative estimate of drug-likeness (QED) is 0.219. The van der Waals surface area contributed by atoms with E-state index in [-0.39, 0.29) is 0 Å². The molecule has 0 aliphatic carbocycles. The summed E-state index contributed by atoms with van der Waals surface area (Å²) in [6.07, 6.45) is 1.78. The normalized spacial score (nSPS) is 11.6. The minimum atomic E-state index is -0.441. The predicted octanol–water partition coefficient (Wildman–Crippen LogP) is 4.67. The van der Waals surface area contributed by atoms with Gasteiger partial charge in [0.05, 0.1) is 32.0 Å². The third-order valence-corrected chi connectivity index (χ3v) is 5.99. The lowest BCUT2D eigenvalue weighted by atomic mass is 9.76. The van der Waals surface area contributed by atoms with Crippen LogP contribution >= 0.6 is 0 Å². The Morgan fingerprint density at radius 3 is 1.57 bits per heavy atom. The van der Waals surface area contributed by atoms with Crippen LogP contribution in [0.4, 0.5) is 0 Å². The number of hydrogen-bond acceptors (Lipinski definition) is 5. The number of benzene rings is 3. The van der Waals surface area contributed by atoms with Gasteiger partial charge in [0.15, 0.2) is 0 Å². The fraction of sp³-hybridized carbons (Fsp3) is 0.400. The van der Waals surface area contributed by atoms with Crippen molar-refractivity contribution in [1.29, 1.82) is 0 Å². The summed E-state index contributed by atoms with van der Waals surface area (Å²) in [5, 5.41) is 3.90. The van der Waals surface area contributed by atoms with Gasteiger partial charge in [-0.3, -0.25) is 5.32 Å². The van der Waals surface area contributed by atoms with Crippen LogP contribution in [0, 0.1) is 6.92 Å². The Hall–Kier alpha value is -2.54. The summed E-state index contributed by atoms with van der Waals surface area (Å²) in [6.45, 7) is 7.32. The van der Waals surface area contributed by atoms with Crippen LogP contribution in [0.2, 0.25) is 0 Å². The van der Waals surface area contributed by atoms with Crippen LogP contribution < -0.4 is 11.1 Å². The number of ether oxygens (including phenoxy) is 3. The van der Waals surface area contributed by atoms with Crippen molar-refractivity contribution < 1.29 is 14.2 Å². The monoisotopic (exact) mass is 476 g/mol. The highest BCUT2D eigenvalue weighted by molar-refractivity contribution is 5.49. The molecule has 0 saturated heterocycles. The molecule has 5 nitrogen and oxygen atoms in total. The van der Waals surface area contributed by atoms with Crippen LogP contribution in [0.3, 0.4) is 0 Å². The van der Waals surface area contributed by atoms with Gasteiger partial charge in [-0.15, -0.1) is 0 Å². The molecule has 3 N–H and O–H groups in total. The first kappa shape index (κ1) is 27.1. The van der Waals surface area contributed by atoms with Gasteiger partial charge >= 0.3 is 0 Å². The summed E-state index contributed by atoms with van der Waals surface area (Å²) in [6, 6.07) is 30.2. The number of hydrogen-bond donors (Lipinski definition) is 2. The molecule has 0 atom stereocenters. The zero-order valence-electron chi connectivity index (χ0n) is 21.0. The molecule has 0 unspecified atom stereocenters. The maximum Gasteiger partial charge on any atom is 0.0947 e. The van der Waals surface area contributed by atoms with E-state index >= 15 is 0 Å². The van der Waals surface area contributed by atoms with Gasteiger partial charge < -0.3 is 19.9 Å². The highest BCUT2D eigenvalue weighted by Crippen LogP contribution is 2.36. The lowest BCUT2D eigenvalue weighted by Crippen LogP contribution is -2.45. The van der Waals surface area contributed by atoms with E-state index in [1.165, 1.54) is 22.3 Å². The lowest BCUT2D eigenvalue weighted by Gasteiger charge is -2.37. The molecule has 0 fully saturated rings. The minimum absolute atomic E-state index is 0.441. The second-order valence-electron chi connectivity index (χ2n) is 8.61. The van der Waals surface area contributed by atoms with Crippen molar-refractivity contribution in [2.24, 2.45) is 5.73 Å². The third kappa shape index (κ3) is 8.27. The molecule has 0 spiro atoms. The van der Waals surface area contributed by atoms with E-state index in [2.05, 4.69) is 97.2 Å². The van der Waals surface area contributed by atoms with Gasteiger partial charge in [-0.05, 0) is 49.5 Å². The molecule has 3 rings (SSSR count). The molecular formula is C30H40N2O3. The van der Waals surface area contributed by atoms with E-state index in [0.717, 1.165) is 19.4 Å². The number of rotatable bonds is 17. The SMILES string of the molecule is Cc1ccc(C(NCCCOCCOCCOCCCN)(c2ccccc2)c2ccccc2)cc1. The molecular weight excluding hydrogens is 436 g/mol. The van der Waals surface area contributed by atoms with Gasteiger partial charge in [-0.1, -0.05) is 90.5 Å². The van der Waals surface area contributed by atoms with Crippen LogP contribution in [0.15, 0.2) is 84.9 Å². The highest BCUT2D eigenvalue weighted by Gasteiger charge is 2.35. The zero-order valence-corrected chi connectivity index (χ0v) is 21.0. The first-order valence-corrected chi connectivity index (χ1v) is 12.6. The molecule has 0 saturated carbocycles. The molecule has 0 aromatic heterocycles. The van der Waals surface area contributed by atoms with E-state index in [0.29, 0.717) is 46.2 Å². The largest absolute Gasteiger partial charge is 0.379 e. The van der Waals surface area contributed by atoms with Gasteiger partial charge in [0.1, 0.15) is 0 Å². The fourth-order valence-corrected chi connectivity index (χ4v) is 4.16. The summed E-state index contributed by atoms with van der Waals surface area (Å²) < 4.78 is 16.8. The molecule has 35 heavy (non-hydrogen) atoms. The van der Waals surface area contributed by atoms with E-state index < -0.39 is 5.54 Å². The van der Waals surface area contributed by atoms with Gasteiger partial charge in [-0.2, -0.15) is 0 Å². The molecule has 188 valence electrons. The molecule has 5 heteroatoms. The average Bonchev–Trinajstić information content (AvgIpc) is 2.91. The topological polar surface area (TPSA) is 65.7 Å². The Bertz CT molecular complexity index is 893. The molecule has 0 aliphatic heterocycles. The van der Waals surface area contributed by atoms with Crippen molar-refractivity contribution in [3.8, 4) is 0 Å². The molecule has 0 radical (unpaired) electrons. The smallest absolute Gasteiger partial charge is 0.0947 e. The second kappa shape index (κ2) is 15.5. The Labute approximate surface area is 210 Å². The summed E-state index contributed by atoms with van der Waals surface area (Å²) in [7, 11) is 0. The molecule has 0 bridgehead atoms. The predicted molar refractivity (Wildman–Crippen MR) is 143 cm³/mol. The van der Waals surface area contributed by atoms with Crippen LogP contribution in [0.5, 0.6) is 0 Å². The molecule has 0 amide bonds. The fourth-order valence-electron chi connectivity index (χ4n) is 4.16. The molecule has 3 aromatic rings. The van der Waals surface area contributed by atoms with E-state index in [1.54, 1.807) is 0 Å².